The molecule has 1 aliphatic rings. The lowest BCUT2D eigenvalue weighted by Gasteiger charge is -2.31. The van der Waals surface area contributed by atoms with Crippen LogP contribution in [0.25, 0.3) is 0 Å². The lowest BCUT2D eigenvalue weighted by molar-refractivity contribution is -0.384. The van der Waals surface area contributed by atoms with Gasteiger partial charge in [0.05, 0.1) is 10.2 Å². The molecule has 1 aliphatic heterocycles. The minimum Gasteiger partial charge on any atom is -0.343 e. The van der Waals surface area contributed by atoms with E-state index in [2.05, 4.69) is 0 Å². The Hall–Kier alpha value is -1.96. The van der Waals surface area contributed by atoms with E-state index in [0.717, 1.165) is 5.56 Å². The zero-order chi connectivity index (χ0) is 17.0. The number of carbonyl (C=O) groups excluding carboxylic acids is 1. The van der Waals surface area contributed by atoms with E-state index in [1.165, 1.54) is 18.4 Å². The summed E-state index contributed by atoms with van der Waals surface area (Å²) < 4.78 is 23.0. The summed E-state index contributed by atoms with van der Waals surface area (Å²) in [5.41, 5.74) is 0.901. The molecular weight excluding hydrogens is 320 g/mol. The Bertz CT molecular complexity index is 676. The summed E-state index contributed by atoms with van der Waals surface area (Å²) in [5, 5.41) is 10.2. The van der Waals surface area contributed by atoms with Gasteiger partial charge in [-0.15, -0.1) is 0 Å². The van der Waals surface area contributed by atoms with E-state index >= 15 is 0 Å². The Morgan fingerprint density at radius 2 is 1.83 bits per heavy atom. The van der Waals surface area contributed by atoms with Gasteiger partial charge in [0.15, 0.2) is 0 Å². The molecule has 2 rings (SSSR count). The Morgan fingerprint density at radius 1 is 1.26 bits per heavy atom. The van der Waals surface area contributed by atoms with Crippen LogP contribution in [0.15, 0.2) is 24.3 Å². The third-order valence-corrected chi connectivity index (χ3v) is 5.86. The molecule has 0 saturated carbocycles. The summed E-state index contributed by atoms with van der Waals surface area (Å²) in [6.45, 7) is 0.938. The van der Waals surface area contributed by atoms with Gasteiger partial charge in [-0.2, -0.15) is 0 Å². The van der Waals surface area contributed by atoms with Crippen molar-refractivity contribution in [2.75, 3.05) is 19.3 Å². The number of likely N-dealkylation sites (tertiary alicyclic amines) is 1. The molecule has 0 spiro atoms. The van der Waals surface area contributed by atoms with Gasteiger partial charge in [-0.25, -0.2) is 8.42 Å². The number of rotatable bonds is 5. The molecule has 0 radical (unpaired) electrons. The second-order valence-electron chi connectivity index (χ2n) is 5.83. The minimum absolute atomic E-state index is 0.00435. The molecule has 23 heavy (non-hydrogen) atoms. The number of amides is 1. The summed E-state index contributed by atoms with van der Waals surface area (Å²) in [6, 6.07) is 6.16. The molecule has 0 aliphatic carbocycles. The predicted octanol–water partition coefficient (Wildman–Crippen LogP) is 1.56. The molecule has 0 aromatic heterocycles. The zero-order valence-corrected chi connectivity index (χ0v) is 13.8. The third kappa shape index (κ3) is 4.75. The molecule has 1 heterocycles. The number of hydrogen-bond donors (Lipinski definition) is 0. The molecule has 1 aromatic rings. The van der Waals surface area contributed by atoms with Gasteiger partial charge < -0.3 is 4.90 Å². The zero-order valence-electron chi connectivity index (χ0n) is 13.0. The maximum atomic E-state index is 12.2. The smallest absolute Gasteiger partial charge is 0.269 e. The van der Waals surface area contributed by atoms with Crippen molar-refractivity contribution in [2.24, 2.45) is 0 Å². The first-order valence-corrected chi connectivity index (χ1v) is 9.43. The summed E-state index contributed by atoms with van der Waals surface area (Å²) in [4.78, 5) is 24.0. The van der Waals surface area contributed by atoms with Crippen molar-refractivity contribution in [3.8, 4) is 0 Å². The third-order valence-electron chi connectivity index (χ3n) is 4.17. The quantitative estimate of drug-likeness (QED) is 0.598. The number of hydrogen-bond acceptors (Lipinski definition) is 5. The molecule has 126 valence electrons. The van der Waals surface area contributed by atoms with Gasteiger partial charge in [-0.1, -0.05) is 12.1 Å². The number of non-ortho nitro benzene ring substituents is 1. The monoisotopic (exact) mass is 340 g/mol. The van der Waals surface area contributed by atoms with E-state index < -0.39 is 14.8 Å². The van der Waals surface area contributed by atoms with Gasteiger partial charge in [0.1, 0.15) is 9.84 Å². The van der Waals surface area contributed by atoms with Crippen LogP contribution in [0, 0.1) is 10.1 Å². The van der Waals surface area contributed by atoms with Crippen LogP contribution < -0.4 is 0 Å². The van der Waals surface area contributed by atoms with E-state index in [4.69, 9.17) is 0 Å². The topological polar surface area (TPSA) is 97.6 Å². The Kier molecular flexibility index (Phi) is 5.35. The van der Waals surface area contributed by atoms with Crippen LogP contribution >= 0.6 is 0 Å². The van der Waals surface area contributed by atoms with Crippen molar-refractivity contribution in [3.63, 3.8) is 0 Å². The fourth-order valence-corrected chi connectivity index (χ4v) is 3.79. The molecule has 1 aromatic carbocycles. The van der Waals surface area contributed by atoms with Crippen LogP contribution in [-0.2, 0) is 21.1 Å². The number of nitrogens with zero attached hydrogens (tertiary/aromatic N) is 2. The number of carbonyl (C=O) groups is 1. The van der Waals surface area contributed by atoms with Crippen molar-refractivity contribution >= 4 is 21.4 Å². The van der Waals surface area contributed by atoms with Crippen molar-refractivity contribution < 1.29 is 18.1 Å². The highest BCUT2D eigenvalue weighted by Gasteiger charge is 2.28. The second-order valence-corrected chi connectivity index (χ2v) is 8.16. The van der Waals surface area contributed by atoms with Crippen molar-refractivity contribution in [1.82, 2.24) is 4.90 Å². The van der Waals surface area contributed by atoms with Gasteiger partial charge in [-0.05, 0) is 24.8 Å². The van der Waals surface area contributed by atoms with Crippen molar-refractivity contribution in [3.05, 3.63) is 39.9 Å². The molecular formula is C15H20N2O5S. The van der Waals surface area contributed by atoms with Crippen LogP contribution in [0.4, 0.5) is 5.69 Å². The van der Waals surface area contributed by atoms with Crippen LogP contribution in [-0.4, -0.2) is 48.7 Å². The van der Waals surface area contributed by atoms with Crippen LogP contribution in [0.3, 0.4) is 0 Å². The molecule has 1 fully saturated rings. The van der Waals surface area contributed by atoms with Gasteiger partial charge in [0.2, 0.25) is 5.91 Å². The Morgan fingerprint density at radius 3 is 2.30 bits per heavy atom. The first-order chi connectivity index (χ1) is 10.8. The molecule has 1 saturated heterocycles. The van der Waals surface area contributed by atoms with Gasteiger partial charge in [0, 0.05) is 37.9 Å². The molecule has 0 bridgehead atoms. The molecule has 0 unspecified atom stereocenters. The van der Waals surface area contributed by atoms with Crippen LogP contribution in [0.5, 0.6) is 0 Å². The number of nitro groups is 1. The van der Waals surface area contributed by atoms with E-state index in [-0.39, 0.29) is 16.8 Å². The van der Waals surface area contributed by atoms with Crippen LogP contribution in [0.1, 0.15) is 24.8 Å². The maximum absolute atomic E-state index is 12.2. The number of sulfone groups is 1. The Labute approximate surface area is 135 Å². The van der Waals surface area contributed by atoms with E-state index in [9.17, 15) is 23.3 Å². The van der Waals surface area contributed by atoms with Crippen LogP contribution in [0.2, 0.25) is 0 Å². The maximum Gasteiger partial charge on any atom is 0.269 e. The van der Waals surface area contributed by atoms with E-state index in [1.807, 2.05) is 0 Å². The Balaban J connectivity index is 1.83. The lowest BCUT2D eigenvalue weighted by atomic mass is 10.1. The average Bonchev–Trinajstić information content (AvgIpc) is 2.52. The summed E-state index contributed by atoms with van der Waals surface area (Å²) in [7, 11) is -3.03. The first kappa shape index (κ1) is 17.4. The number of piperidine rings is 1. The summed E-state index contributed by atoms with van der Waals surface area (Å²) in [6.07, 6.45) is 3.05. The largest absolute Gasteiger partial charge is 0.343 e. The SMILES string of the molecule is CS(=O)(=O)C1CCN(C(=O)CCc2ccc([N+](=O)[O-])cc2)CC1. The van der Waals surface area contributed by atoms with Gasteiger partial charge in [-0.3, -0.25) is 14.9 Å². The highest BCUT2D eigenvalue weighted by molar-refractivity contribution is 7.91. The highest BCUT2D eigenvalue weighted by Crippen LogP contribution is 2.19. The summed E-state index contributed by atoms with van der Waals surface area (Å²) in [5.74, 6) is -0.00435. The lowest BCUT2D eigenvalue weighted by Crippen LogP contribution is -2.42. The fourth-order valence-electron chi connectivity index (χ4n) is 2.73. The average molecular weight is 340 g/mol. The normalized spacial score (nSPS) is 16.3. The molecule has 8 heteroatoms. The molecule has 1 amide bonds. The first-order valence-electron chi connectivity index (χ1n) is 7.47. The van der Waals surface area contributed by atoms with Crippen molar-refractivity contribution in [2.45, 2.75) is 30.9 Å². The molecule has 0 atom stereocenters. The fraction of sp³-hybridized carbons (Fsp3) is 0.533. The molecule has 7 nitrogen and oxygen atoms in total. The van der Waals surface area contributed by atoms with Gasteiger partial charge >= 0.3 is 0 Å². The number of nitro benzene ring substituents is 1. The number of aryl methyl sites for hydroxylation is 1. The van der Waals surface area contributed by atoms with E-state index in [1.54, 1.807) is 17.0 Å². The number of benzene rings is 1. The minimum atomic E-state index is -3.03. The standard InChI is InChI=1S/C15H20N2O5S/c1-23(21,22)14-8-10-16(11-9-14)15(18)7-4-12-2-5-13(6-3-12)17(19)20/h2-3,5-6,14H,4,7-11H2,1H3. The highest BCUT2D eigenvalue weighted by atomic mass is 32.2. The van der Waals surface area contributed by atoms with Crippen molar-refractivity contribution in [1.29, 1.82) is 0 Å². The van der Waals surface area contributed by atoms with Gasteiger partial charge in [0.25, 0.3) is 5.69 Å². The molecule has 0 N–H and O–H groups in total. The predicted molar refractivity (Wildman–Crippen MR) is 85.9 cm³/mol. The second kappa shape index (κ2) is 7.08. The summed E-state index contributed by atoms with van der Waals surface area (Å²) >= 11 is 0. The van der Waals surface area contributed by atoms with E-state index in [0.29, 0.717) is 38.8 Å².